The van der Waals surface area contributed by atoms with Crippen molar-refractivity contribution >= 4 is 28.7 Å². The van der Waals surface area contributed by atoms with E-state index in [-0.39, 0.29) is 12.5 Å². The summed E-state index contributed by atoms with van der Waals surface area (Å²) < 4.78 is 10.4. The smallest absolute Gasteiger partial charge is 0.408 e. The van der Waals surface area contributed by atoms with Gasteiger partial charge >= 0.3 is 6.09 Å². The van der Waals surface area contributed by atoms with Gasteiger partial charge in [0.05, 0.1) is 19.2 Å². The highest BCUT2D eigenvalue weighted by Crippen LogP contribution is 2.21. The normalized spacial score (nSPS) is 12.0. The van der Waals surface area contributed by atoms with Crippen LogP contribution in [0.15, 0.2) is 48.5 Å². The fourth-order valence-electron chi connectivity index (χ4n) is 3.14. The third-order valence-electron chi connectivity index (χ3n) is 4.82. The molecular formula is C25H31N5O4. The number of methoxy groups -OCH3 is 1. The molecule has 3 rings (SSSR count). The van der Waals surface area contributed by atoms with E-state index in [2.05, 4.69) is 25.9 Å². The van der Waals surface area contributed by atoms with E-state index in [0.29, 0.717) is 18.2 Å². The first-order valence-corrected chi connectivity index (χ1v) is 11.0. The highest BCUT2D eigenvalue weighted by atomic mass is 16.6. The molecule has 0 aliphatic carbocycles. The number of ether oxygens (including phenoxy) is 2. The highest BCUT2D eigenvalue weighted by Gasteiger charge is 2.21. The Hall–Kier alpha value is -3.88. The van der Waals surface area contributed by atoms with Gasteiger partial charge in [-0.15, -0.1) is 0 Å². The Kier molecular flexibility index (Phi) is 7.88. The summed E-state index contributed by atoms with van der Waals surface area (Å²) >= 11 is 0. The SMILES string of the molecule is COc1ccc(CNc2nc(CNC(=O)[C@@H](C)NC(=O)OC(C)(C)C)nc3ccccc23)cc1. The zero-order chi connectivity index (χ0) is 24.7. The molecule has 1 atom stereocenters. The molecule has 0 bridgehead atoms. The largest absolute Gasteiger partial charge is 0.497 e. The summed E-state index contributed by atoms with van der Waals surface area (Å²) in [6.45, 7) is 7.54. The van der Waals surface area contributed by atoms with Gasteiger partial charge in [0.15, 0.2) is 5.82 Å². The van der Waals surface area contributed by atoms with Gasteiger partial charge in [-0.2, -0.15) is 0 Å². The molecule has 0 aliphatic rings. The summed E-state index contributed by atoms with van der Waals surface area (Å²) in [4.78, 5) is 33.6. The van der Waals surface area contributed by atoms with E-state index in [1.165, 1.54) is 0 Å². The number of fused-ring (bicyclic) bond motifs is 1. The second-order valence-electron chi connectivity index (χ2n) is 8.79. The molecule has 2 aromatic carbocycles. The van der Waals surface area contributed by atoms with Crippen molar-refractivity contribution in [2.24, 2.45) is 0 Å². The second kappa shape index (κ2) is 10.8. The number of aromatic nitrogens is 2. The molecule has 3 aromatic rings. The minimum atomic E-state index is -0.775. The average molecular weight is 466 g/mol. The Morgan fingerprint density at radius 3 is 2.38 bits per heavy atom. The zero-order valence-corrected chi connectivity index (χ0v) is 20.1. The third kappa shape index (κ3) is 7.06. The van der Waals surface area contributed by atoms with E-state index < -0.39 is 17.7 Å². The first-order chi connectivity index (χ1) is 16.1. The van der Waals surface area contributed by atoms with E-state index >= 15 is 0 Å². The molecule has 0 saturated carbocycles. The van der Waals surface area contributed by atoms with Crippen LogP contribution in [0, 0.1) is 0 Å². The van der Waals surface area contributed by atoms with Crippen molar-refractivity contribution in [3.8, 4) is 5.75 Å². The van der Waals surface area contributed by atoms with Crippen LogP contribution < -0.4 is 20.7 Å². The van der Waals surface area contributed by atoms with Crippen LogP contribution in [0.5, 0.6) is 5.75 Å². The van der Waals surface area contributed by atoms with Crippen molar-refractivity contribution in [1.29, 1.82) is 0 Å². The van der Waals surface area contributed by atoms with E-state index in [1.54, 1.807) is 34.8 Å². The minimum absolute atomic E-state index is 0.112. The number of nitrogens with zero attached hydrogens (tertiary/aromatic N) is 2. The lowest BCUT2D eigenvalue weighted by atomic mass is 10.2. The standard InChI is InChI=1S/C25H31N5O4/c1-16(28-24(32)34-25(2,3)4)23(31)27-15-21-29-20-9-7-6-8-19(20)22(30-21)26-14-17-10-12-18(33-5)13-11-17/h6-13,16H,14-15H2,1-5H3,(H,27,31)(H,28,32)(H,26,29,30)/t16-/m1/s1. The number of alkyl carbamates (subject to hydrolysis) is 1. The van der Waals surface area contributed by atoms with Crippen molar-refractivity contribution in [3.05, 3.63) is 59.9 Å². The van der Waals surface area contributed by atoms with Gasteiger partial charge in [0.25, 0.3) is 0 Å². The lowest BCUT2D eigenvalue weighted by molar-refractivity contribution is -0.123. The number of benzene rings is 2. The maximum absolute atomic E-state index is 12.5. The van der Waals surface area contributed by atoms with Crippen LogP contribution >= 0.6 is 0 Å². The number of hydrogen-bond acceptors (Lipinski definition) is 7. The molecular weight excluding hydrogens is 434 g/mol. The van der Waals surface area contributed by atoms with E-state index in [9.17, 15) is 9.59 Å². The number of carbonyl (C=O) groups is 2. The van der Waals surface area contributed by atoms with Gasteiger partial charge in [-0.1, -0.05) is 24.3 Å². The topological polar surface area (TPSA) is 114 Å². The summed E-state index contributed by atoms with van der Waals surface area (Å²) in [6, 6.07) is 14.7. The number of para-hydroxylation sites is 1. The first-order valence-electron chi connectivity index (χ1n) is 11.0. The van der Waals surface area contributed by atoms with Crippen LogP contribution in [0.25, 0.3) is 10.9 Å². The van der Waals surface area contributed by atoms with Gasteiger partial charge in [0.2, 0.25) is 5.91 Å². The molecule has 0 radical (unpaired) electrons. The van der Waals surface area contributed by atoms with Crippen LogP contribution in [0.4, 0.5) is 10.6 Å². The van der Waals surface area contributed by atoms with Gasteiger partial charge in [0.1, 0.15) is 23.2 Å². The third-order valence-corrected chi connectivity index (χ3v) is 4.82. The fraction of sp³-hybridized carbons (Fsp3) is 0.360. The van der Waals surface area contributed by atoms with Crippen LogP contribution in [0.3, 0.4) is 0 Å². The molecule has 180 valence electrons. The fourth-order valence-corrected chi connectivity index (χ4v) is 3.14. The Labute approximate surface area is 199 Å². The molecule has 1 aromatic heterocycles. The van der Waals surface area contributed by atoms with Crippen molar-refractivity contribution < 1.29 is 19.1 Å². The lowest BCUT2D eigenvalue weighted by Gasteiger charge is -2.21. The molecule has 0 spiro atoms. The van der Waals surface area contributed by atoms with Crippen molar-refractivity contribution in [1.82, 2.24) is 20.6 Å². The van der Waals surface area contributed by atoms with Crippen LogP contribution in [-0.2, 0) is 22.6 Å². The van der Waals surface area contributed by atoms with Gasteiger partial charge < -0.3 is 25.4 Å². The summed E-state index contributed by atoms with van der Waals surface area (Å²) in [5, 5.41) is 9.54. The lowest BCUT2D eigenvalue weighted by Crippen LogP contribution is -2.46. The summed E-state index contributed by atoms with van der Waals surface area (Å²) in [5.41, 5.74) is 1.19. The molecule has 0 saturated heterocycles. The van der Waals surface area contributed by atoms with Gasteiger partial charge in [-0.3, -0.25) is 4.79 Å². The minimum Gasteiger partial charge on any atom is -0.497 e. The molecule has 3 N–H and O–H groups in total. The highest BCUT2D eigenvalue weighted by molar-refractivity contribution is 5.89. The van der Waals surface area contributed by atoms with Crippen molar-refractivity contribution in [2.45, 2.75) is 52.4 Å². The Morgan fingerprint density at radius 1 is 1.00 bits per heavy atom. The molecule has 9 nitrogen and oxygen atoms in total. The maximum atomic E-state index is 12.5. The Balaban J connectivity index is 1.67. The molecule has 34 heavy (non-hydrogen) atoms. The second-order valence-corrected chi connectivity index (χ2v) is 8.79. The Morgan fingerprint density at radius 2 is 1.71 bits per heavy atom. The Bertz CT molecular complexity index is 1140. The molecule has 0 aliphatic heterocycles. The number of amides is 2. The van der Waals surface area contributed by atoms with Crippen LogP contribution in [0.1, 0.15) is 39.1 Å². The number of anilines is 1. The van der Waals surface area contributed by atoms with Gasteiger partial charge in [0, 0.05) is 11.9 Å². The van der Waals surface area contributed by atoms with Gasteiger partial charge in [-0.25, -0.2) is 14.8 Å². The number of nitrogens with one attached hydrogen (secondary N) is 3. The molecule has 2 amide bonds. The van der Waals surface area contributed by atoms with Crippen LogP contribution in [0.2, 0.25) is 0 Å². The van der Waals surface area contributed by atoms with Crippen molar-refractivity contribution in [3.63, 3.8) is 0 Å². The van der Waals surface area contributed by atoms with E-state index in [0.717, 1.165) is 22.2 Å². The molecule has 1 heterocycles. The zero-order valence-electron chi connectivity index (χ0n) is 20.1. The quantitative estimate of drug-likeness (QED) is 0.464. The molecule has 0 fully saturated rings. The van der Waals surface area contributed by atoms with Crippen molar-refractivity contribution in [2.75, 3.05) is 12.4 Å². The van der Waals surface area contributed by atoms with E-state index in [1.807, 2.05) is 48.5 Å². The maximum Gasteiger partial charge on any atom is 0.408 e. The summed E-state index contributed by atoms with van der Waals surface area (Å²) in [7, 11) is 1.63. The monoisotopic (exact) mass is 465 g/mol. The number of hydrogen-bond donors (Lipinski definition) is 3. The summed E-state index contributed by atoms with van der Waals surface area (Å²) in [5.74, 6) is 1.55. The van der Waals surface area contributed by atoms with Crippen LogP contribution in [-0.4, -0.2) is 40.7 Å². The summed E-state index contributed by atoms with van der Waals surface area (Å²) in [6.07, 6.45) is -0.651. The first kappa shape index (κ1) is 24.8. The number of carbonyl (C=O) groups excluding carboxylic acids is 2. The van der Waals surface area contributed by atoms with Gasteiger partial charge in [-0.05, 0) is 57.5 Å². The average Bonchev–Trinajstić information content (AvgIpc) is 2.79. The predicted molar refractivity (Wildman–Crippen MR) is 131 cm³/mol. The molecule has 0 unspecified atom stereocenters. The van der Waals surface area contributed by atoms with E-state index in [4.69, 9.17) is 9.47 Å². The predicted octanol–water partition coefficient (Wildman–Crippen LogP) is 3.78. The molecule has 9 heteroatoms. The number of rotatable bonds is 8.